The molecule has 0 aliphatic carbocycles. The summed E-state index contributed by atoms with van der Waals surface area (Å²) in [5.41, 5.74) is 3.88. The Morgan fingerprint density at radius 1 is 1.00 bits per heavy atom. The van der Waals surface area contributed by atoms with Crippen molar-refractivity contribution in [1.82, 2.24) is 10.2 Å². The van der Waals surface area contributed by atoms with E-state index in [-0.39, 0.29) is 11.9 Å². The van der Waals surface area contributed by atoms with Gasteiger partial charge in [0.2, 0.25) is 5.91 Å². The van der Waals surface area contributed by atoms with Crippen LogP contribution in [0.5, 0.6) is 0 Å². The van der Waals surface area contributed by atoms with Gasteiger partial charge in [-0.25, -0.2) is 4.79 Å². The zero-order valence-corrected chi connectivity index (χ0v) is 18.7. The van der Waals surface area contributed by atoms with Crippen molar-refractivity contribution in [2.24, 2.45) is 0 Å². The highest BCUT2D eigenvalue weighted by Gasteiger charge is 2.20. The average molecular weight is 423 g/mol. The first kappa shape index (κ1) is 22.8. The second-order valence-corrected chi connectivity index (χ2v) is 7.92. The summed E-state index contributed by atoms with van der Waals surface area (Å²) in [6, 6.07) is 15.5. The number of carbonyl (C=O) groups excluding carboxylic acids is 2. The lowest BCUT2D eigenvalue weighted by atomic mass is 10.1. The Kier molecular flexibility index (Phi) is 8.47. The third-order valence-corrected chi connectivity index (χ3v) is 5.82. The number of anilines is 2. The van der Waals surface area contributed by atoms with E-state index >= 15 is 0 Å². The molecule has 0 fully saturated rings. The lowest BCUT2D eigenvalue weighted by Gasteiger charge is -2.23. The monoisotopic (exact) mass is 422 g/mol. The molecule has 0 bridgehead atoms. The molecule has 1 aliphatic rings. The summed E-state index contributed by atoms with van der Waals surface area (Å²) in [5.74, 6) is 0.0186. The van der Waals surface area contributed by atoms with Crippen LogP contribution < -0.4 is 15.5 Å². The van der Waals surface area contributed by atoms with E-state index in [2.05, 4.69) is 35.4 Å². The number of nitrogens with one attached hydrogen (secondary N) is 2. The molecule has 1 heterocycles. The van der Waals surface area contributed by atoms with Crippen molar-refractivity contribution in [2.75, 3.05) is 42.9 Å². The van der Waals surface area contributed by atoms with Crippen molar-refractivity contribution in [3.05, 3.63) is 59.7 Å². The Hall–Kier alpha value is -2.86. The quantitative estimate of drug-likeness (QED) is 0.674. The molecule has 0 saturated carbocycles. The second-order valence-electron chi connectivity index (χ2n) is 7.92. The SMILES string of the molecule is CCN(CC)CCNC(=O)Cc1ccc(NC(=O)N2CCCCc3ccccc32)cc1. The number of likely N-dealkylation sites (N-methyl/N-ethyl adjacent to an activating group) is 1. The number of benzene rings is 2. The van der Waals surface area contributed by atoms with Crippen LogP contribution in [-0.2, 0) is 17.6 Å². The molecule has 3 rings (SSSR count). The molecule has 2 aromatic carbocycles. The summed E-state index contributed by atoms with van der Waals surface area (Å²) >= 11 is 0. The number of hydrogen-bond acceptors (Lipinski definition) is 3. The maximum atomic E-state index is 12.9. The number of para-hydroxylation sites is 1. The summed E-state index contributed by atoms with van der Waals surface area (Å²) in [6.07, 6.45) is 3.43. The number of carbonyl (C=O) groups is 2. The van der Waals surface area contributed by atoms with Gasteiger partial charge in [-0.2, -0.15) is 0 Å². The first-order chi connectivity index (χ1) is 15.1. The van der Waals surface area contributed by atoms with E-state index in [0.717, 1.165) is 55.8 Å². The normalized spacial score (nSPS) is 13.5. The van der Waals surface area contributed by atoms with Gasteiger partial charge in [0.1, 0.15) is 0 Å². The highest BCUT2D eigenvalue weighted by atomic mass is 16.2. The Morgan fingerprint density at radius 2 is 1.74 bits per heavy atom. The first-order valence-corrected chi connectivity index (χ1v) is 11.3. The fourth-order valence-corrected chi connectivity index (χ4v) is 3.94. The molecular formula is C25H34N4O2. The zero-order chi connectivity index (χ0) is 22.1. The number of hydrogen-bond donors (Lipinski definition) is 2. The molecule has 6 nitrogen and oxygen atoms in total. The lowest BCUT2D eigenvalue weighted by molar-refractivity contribution is -0.120. The maximum absolute atomic E-state index is 12.9. The molecule has 0 spiro atoms. The molecule has 2 N–H and O–H groups in total. The Bertz CT molecular complexity index is 862. The van der Waals surface area contributed by atoms with Gasteiger partial charge in [0.25, 0.3) is 0 Å². The minimum atomic E-state index is -0.115. The fourth-order valence-electron chi connectivity index (χ4n) is 3.94. The second kappa shape index (κ2) is 11.5. The van der Waals surface area contributed by atoms with Crippen molar-refractivity contribution in [3.63, 3.8) is 0 Å². The molecule has 0 saturated heterocycles. The minimum Gasteiger partial charge on any atom is -0.355 e. The van der Waals surface area contributed by atoms with Crippen LogP contribution in [0, 0.1) is 0 Å². The predicted molar refractivity (Wildman–Crippen MR) is 127 cm³/mol. The van der Waals surface area contributed by atoms with Crippen LogP contribution in [0.4, 0.5) is 16.2 Å². The van der Waals surface area contributed by atoms with Gasteiger partial charge in [-0.05, 0) is 61.7 Å². The number of nitrogens with zero attached hydrogens (tertiary/aromatic N) is 2. The summed E-state index contributed by atoms with van der Waals surface area (Å²) in [7, 11) is 0. The smallest absolute Gasteiger partial charge is 0.326 e. The Labute approximate surface area is 185 Å². The average Bonchev–Trinajstić information content (AvgIpc) is 3.01. The van der Waals surface area contributed by atoms with E-state index in [1.165, 1.54) is 5.56 Å². The van der Waals surface area contributed by atoms with E-state index in [9.17, 15) is 9.59 Å². The highest BCUT2D eigenvalue weighted by Crippen LogP contribution is 2.26. The van der Waals surface area contributed by atoms with Crippen LogP contribution >= 0.6 is 0 Å². The van der Waals surface area contributed by atoms with E-state index in [1.807, 2.05) is 47.4 Å². The molecule has 0 unspecified atom stereocenters. The van der Waals surface area contributed by atoms with Gasteiger partial charge in [0.15, 0.2) is 0 Å². The number of aryl methyl sites for hydroxylation is 1. The molecule has 166 valence electrons. The Balaban J connectivity index is 1.52. The van der Waals surface area contributed by atoms with Gasteiger partial charge in [-0.3, -0.25) is 9.69 Å². The Morgan fingerprint density at radius 3 is 2.48 bits per heavy atom. The molecule has 3 amide bonds. The van der Waals surface area contributed by atoms with E-state index < -0.39 is 0 Å². The van der Waals surface area contributed by atoms with Gasteiger partial charge >= 0.3 is 6.03 Å². The summed E-state index contributed by atoms with van der Waals surface area (Å²) < 4.78 is 0. The van der Waals surface area contributed by atoms with Crippen molar-refractivity contribution in [1.29, 1.82) is 0 Å². The van der Waals surface area contributed by atoms with Crippen molar-refractivity contribution in [3.8, 4) is 0 Å². The zero-order valence-electron chi connectivity index (χ0n) is 18.7. The topological polar surface area (TPSA) is 64.7 Å². The third-order valence-electron chi connectivity index (χ3n) is 5.82. The maximum Gasteiger partial charge on any atom is 0.326 e. The molecular weight excluding hydrogens is 388 g/mol. The molecule has 0 aromatic heterocycles. The first-order valence-electron chi connectivity index (χ1n) is 11.3. The van der Waals surface area contributed by atoms with Crippen LogP contribution in [0.15, 0.2) is 48.5 Å². The van der Waals surface area contributed by atoms with Crippen LogP contribution in [0.3, 0.4) is 0 Å². The number of rotatable bonds is 8. The summed E-state index contributed by atoms with van der Waals surface area (Å²) in [4.78, 5) is 29.2. The lowest BCUT2D eigenvalue weighted by Crippen LogP contribution is -2.35. The van der Waals surface area contributed by atoms with Gasteiger partial charge in [0.05, 0.1) is 6.42 Å². The summed E-state index contributed by atoms with van der Waals surface area (Å²) in [5, 5.41) is 5.98. The van der Waals surface area contributed by atoms with Gasteiger partial charge < -0.3 is 15.5 Å². The molecule has 1 aliphatic heterocycles. The standard InChI is InChI=1S/C25H34N4O2/c1-3-28(4-2)18-16-26-24(30)19-20-12-14-22(15-13-20)27-25(31)29-17-8-7-10-21-9-5-6-11-23(21)29/h5-6,9,11-15H,3-4,7-8,10,16-19H2,1-2H3,(H,26,30)(H,27,31). The van der Waals surface area contributed by atoms with Gasteiger partial charge in [-0.1, -0.05) is 44.2 Å². The van der Waals surface area contributed by atoms with Crippen LogP contribution in [0.25, 0.3) is 0 Å². The predicted octanol–water partition coefficient (Wildman–Crippen LogP) is 4.06. The number of amides is 3. The van der Waals surface area contributed by atoms with E-state index in [0.29, 0.717) is 19.5 Å². The van der Waals surface area contributed by atoms with Crippen molar-refractivity contribution < 1.29 is 9.59 Å². The molecule has 6 heteroatoms. The van der Waals surface area contributed by atoms with Gasteiger partial charge in [0, 0.05) is 31.0 Å². The molecule has 0 atom stereocenters. The minimum absolute atomic E-state index is 0.0186. The molecule has 0 radical (unpaired) electrons. The fraction of sp³-hybridized carbons (Fsp3) is 0.440. The van der Waals surface area contributed by atoms with Crippen LogP contribution in [0.2, 0.25) is 0 Å². The van der Waals surface area contributed by atoms with E-state index in [1.54, 1.807) is 0 Å². The van der Waals surface area contributed by atoms with E-state index in [4.69, 9.17) is 0 Å². The third kappa shape index (κ3) is 6.56. The molecule has 31 heavy (non-hydrogen) atoms. The van der Waals surface area contributed by atoms with Gasteiger partial charge in [-0.15, -0.1) is 0 Å². The number of urea groups is 1. The van der Waals surface area contributed by atoms with Crippen molar-refractivity contribution in [2.45, 2.75) is 39.5 Å². The van der Waals surface area contributed by atoms with Crippen LogP contribution in [0.1, 0.15) is 37.8 Å². The molecule has 2 aromatic rings. The van der Waals surface area contributed by atoms with Crippen LogP contribution in [-0.4, -0.2) is 49.6 Å². The largest absolute Gasteiger partial charge is 0.355 e. The number of fused-ring (bicyclic) bond motifs is 1. The summed E-state index contributed by atoms with van der Waals surface area (Å²) in [6.45, 7) is 8.46. The van der Waals surface area contributed by atoms with Crippen molar-refractivity contribution >= 4 is 23.3 Å². The highest BCUT2D eigenvalue weighted by molar-refractivity contribution is 6.02.